The fraction of sp³-hybridized carbons (Fsp3) is 1.00. The summed E-state index contributed by atoms with van der Waals surface area (Å²) in [6.07, 6.45) is 18.5. The van der Waals surface area contributed by atoms with E-state index in [9.17, 15) is 0 Å². The molecular weight excluding hydrogens is 256 g/mol. The molecular formula is C19H40N2. The zero-order chi connectivity index (χ0) is 15.2. The van der Waals surface area contributed by atoms with E-state index >= 15 is 0 Å². The quantitative estimate of drug-likeness (QED) is 0.486. The predicted molar refractivity (Wildman–Crippen MR) is 94.7 cm³/mol. The zero-order valence-electron chi connectivity index (χ0n) is 14.6. The standard InChI is InChI=1S/C19H40N2/c1-2-3-4-5-6-7-8-9-10-11-12-15-21-16-13-19(18-20)14-17-21/h19H,2-18,20H2,1H3. The van der Waals surface area contributed by atoms with Gasteiger partial charge in [-0.25, -0.2) is 0 Å². The molecule has 0 atom stereocenters. The highest BCUT2D eigenvalue weighted by Crippen LogP contribution is 2.17. The maximum Gasteiger partial charge on any atom is -0.00156 e. The number of likely N-dealkylation sites (tertiary alicyclic amines) is 1. The number of hydrogen-bond donors (Lipinski definition) is 1. The molecule has 1 aliphatic rings. The average molecular weight is 297 g/mol. The van der Waals surface area contributed by atoms with Gasteiger partial charge in [0.15, 0.2) is 0 Å². The van der Waals surface area contributed by atoms with Crippen molar-refractivity contribution in [1.82, 2.24) is 4.90 Å². The third-order valence-corrected chi connectivity index (χ3v) is 5.12. The van der Waals surface area contributed by atoms with Crippen LogP contribution in [0.1, 0.15) is 90.4 Å². The Kier molecular flexibility index (Phi) is 12.3. The van der Waals surface area contributed by atoms with Gasteiger partial charge in [0.2, 0.25) is 0 Å². The number of piperidine rings is 1. The summed E-state index contributed by atoms with van der Waals surface area (Å²) >= 11 is 0. The molecule has 0 aromatic carbocycles. The molecule has 0 unspecified atom stereocenters. The van der Waals surface area contributed by atoms with Gasteiger partial charge in [-0.2, -0.15) is 0 Å². The summed E-state index contributed by atoms with van der Waals surface area (Å²) in [5.74, 6) is 0.804. The second kappa shape index (κ2) is 13.6. The topological polar surface area (TPSA) is 29.3 Å². The maximum absolute atomic E-state index is 5.74. The fourth-order valence-corrected chi connectivity index (χ4v) is 3.45. The Morgan fingerprint density at radius 3 is 1.71 bits per heavy atom. The molecule has 0 aromatic heterocycles. The third kappa shape index (κ3) is 10.3. The molecule has 1 saturated heterocycles. The molecule has 0 aromatic rings. The highest BCUT2D eigenvalue weighted by Gasteiger charge is 2.16. The molecule has 2 N–H and O–H groups in total. The molecule has 0 radical (unpaired) electrons. The smallest absolute Gasteiger partial charge is 0.00156 e. The van der Waals surface area contributed by atoms with Gasteiger partial charge < -0.3 is 10.6 Å². The van der Waals surface area contributed by atoms with Gasteiger partial charge in [0.25, 0.3) is 0 Å². The molecule has 0 amide bonds. The lowest BCUT2D eigenvalue weighted by molar-refractivity contribution is 0.184. The van der Waals surface area contributed by atoms with Crippen LogP contribution in [0.4, 0.5) is 0 Å². The van der Waals surface area contributed by atoms with E-state index in [0.29, 0.717) is 0 Å². The van der Waals surface area contributed by atoms with Gasteiger partial charge in [-0.15, -0.1) is 0 Å². The molecule has 2 heteroatoms. The lowest BCUT2D eigenvalue weighted by Gasteiger charge is -2.31. The van der Waals surface area contributed by atoms with Crippen molar-refractivity contribution >= 4 is 0 Å². The first-order valence-electron chi connectivity index (χ1n) is 9.79. The van der Waals surface area contributed by atoms with Crippen molar-refractivity contribution in [3.05, 3.63) is 0 Å². The van der Waals surface area contributed by atoms with Gasteiger partial charge in [-0.1, -0.05) is 71.1 Å². The van der Waals surface area contributed by atoms with E-state index in [1.807, 2.05) is 0 Å². The van der Waals surface area contributed by atoms with E-state index in [0.717, 1.165) is 12.5 Å². The third-order valence-electron chi connectivity index (χ3n) is 5.12. The number of hydrogen-bond acceptors (Lipinski definition) is 2. The minimum Gasteiger partial charge on any atom is -0.330 e. The van der Waals surface area contributed by atoms with Crippen molar-refractivity contribution in [3.63, 3.8) is 0 Å². The van der Waals surface area contributed by atoms with Crippen LogP contribution >= 0.6 is 0 Å². The number of nitrogens with two attached hydrogens (primary N) is 1. The van der Waals surface area contributed by atoms with Gasteiger partial charge >= 0.3 is 0 Å². The number of nitrogens with zero attached hydrogens (tertiary/aromatic N) is 1. The Labute approximate surface area is 133 Å². The SMILES string of the molecule is CCCCCCCCCCCCCN1CCC(CN)CC1. The summed E-state index contributed by atoms with van der Waals surface area (Å²) in [6.45, 7) is 7.10. The summed E-state index contributed by atoms with van der Waals surface area (Å²) in [5.41, 5.74) is 5.74. The van der Waals surface area contributed by atoms with Crippen molar-refractivity contribution < 1.29 is 0 Å². The second-order valence-electron chi connectivity index (χ2n) is 7.06. The van der Waals surface area contributed by atoms with Crippen LogP contribution in [-0.4, -0.2) is 31.1 Å². The van der Waals surface area contributed by atoms with Crippen LogP contribution in [-0.2, 0) is 0 Å². The van der Waals surface area contributed by atoms with Crippen LogP contribution in [0.25, 0.3) is 0 Å². The molecule has 1 fully saturated rings. The Morgan fingerprint density at radius 2 is 1.24 bits per heavy atom. The summed E-state index contributed by atoms with van der Waals surface area (Å²) in [5, 5.41) is 0. The van der Waals surface area contributed by atoms with E-state index in [4.69, 9.17) is 5.73 Å². The summed E-state index contributed by atoms with van der Waals surface area (Å²) in [6, 6.07) is 0. The number of unbranched alkanes of at least 4 members (excludes halogenated alkanes) is 10. The highest BCUT2D eigenvalue weighted by atomic mass is 15.1. The zero-order valence-corrected chi connectivity index (χ0v) is 14.6. The monoisotopic (exact) mass is 296 g/mol. The minimum atomic E-state index is 0.804. The highest BCUT2D eigenvalue weighted by molar-refractivity contribution is 4.72. The van der Waals surface area contributed by atoms with Crippen molar-refractivity contribution in [3.8, 4) is 0 Å². The molecule has 21 heavy (non-hydrogen) atoms. The van der Waals surface area contributed by atoms with E-state index in [1.54, 1.807) is 0 Å². The normalized spacial score (nSPS) is 17.4. The molecule has 1 aliphatic heterocycles. The van der Waals surface area contributed by atoms with Gasteiger partial charge in [-0.3, -0.25) is 0 Å². The van der Waals surface area contributed by atoms with Crippen LogP contribution in [0, 0.1) is 5.92 Å². The Hall–Kier alpha value is -0.0800. The Bertz CT molecular complexity index is 210. The van der Waals surface area contributed by atoms with Crippen LogP contribution in [0.2, 0.25) is 0 Å². The van der Waals surface area contributed by atoms with Crippen molar-refractivity contribution in [2.24, 2.45) is 11.7 Å². The Balaban J connectivity index is 1.77. The van der Waals surface area contributed by atoms with Crippen molar-refractivity contribution in [2.45, 2.75) is 90.4 Å². The summed E-state index contributed by atoms with van der Waals surface area (Å²) in [4.78, 5) is 2.65. The van der Waals surface area contributed by atoms with E-state index in [-0.39, 0.29) is 0 Å². The summed E-state index contributed by atoms with van der Waals surface area (Å²) < 4.78 is 0. The molecule has 126 valence electrons. The van der Waals surface area contributed by atoms with Crippen molar-refractivity contribution in [2.75, 3.05) is 26.2 Å². The molecule has 2 nitrogen and oxygen atoms in total. The van der Waals surface area contributed by atoms with Gasteiger partial charge in [-0.05, 0) is 51.4 Å². The predicted octanol–water partition coefficient (Wildman–Crippen LogP) is 4.97. The van der Waals surface area contributed by atoms with E-state index in [2.05, 4.69) is 11.8 Å². The Morgan fingerprint density at radius 1 is 0.762 bits per heavy atom. The maximum atomic E-state index is 5.74. The first-order chi connectivity index (χ1) is 10.4. The van der Waals surface area contributed by atoms with Gasteiger partial charge in [0.05, 0.1) is 0 Å². The molecule has 0 bridgehead atoms. The average Bonchev–Trinajstić information content (AvgIpc) is 2.53. The van der Waals surface area contributed by atoms with E-state index in [1.165, 1.54) is 103 Å². The summed E-state index contributed by atoms with van der Waals surface area (Å²) in [7, 11) is 0. The van der Waals surface area contributed by atoms with Gasteiger partial charge in [0, 0.05) is 0 Å². The van der Waals surface area contributed by atoms with Crippen LogP contribution < -0.4 is 5.73 Å². The molecule has 0 saturated carbocycles. The first-order valence-corrected chi connectivity index (χ1v) is 9.79. The largest absolute Gasteiger partial charge is 0.330 e. The fourth-order valence-electron chi connectivity index (χ4n) is 3.45. The molecule has 0 spiro atoms. The molecule has 1 rings (SSSR count). The van der Waals surface area contributed by atoms with Gasteiger partial charge in [0.1, 0.15) is 0 Å². The van der Waals surface area contributed by atoms with Crippen molar-refractivity contribution in [1.29, 1.82) is 0 Å². The molecule has 0 aliphatic carbocycles. The van der Waals surface area contributed by atoms with Crippen LogP contribution in [0.3, 0.4) is 0 Å². The number of rotatable bonds is 13. The van der Waals surface area contributed by atoms with Crippen LogP contribution in [0.5, 0.6) is 0 Å². The first kappa shape index (κ1) is 19.0. The lowest BCUT2D eigenvalue weighted by Crippen LogP contribution is -2.36. The van der Waals surface area contributed by atoms with E-state index < -0.39 is 0 Å². The minimum absolute atomic E-state index is 0.804. The lowest BCUT2D eigenvalue weighted by atomic mass is 9.97. The van der Waals surface area contributed by atoms with Crippen LogP contribution in [0.15, 0.2) is 0 Å². The molecule has 1 heterocycles. The second-order valence-corrected chi connectivity index (χ2v) is 7.06.